The lowest BCUT2D eigenvalue weighted by atomic mass is 10.4. The van der Waals surface area contributed by atoms with Gasteiger partial charge in [-0.1, -0.05) is 0 Å². The van der Waals surface area contributed by atoms with Crippen molar-refractivity contribution in [3.05, 3.63) is 0 Å². The summed E-state index contributed by atoms with van der Waals surface area (Å²) in [7, 11) is 3.86. The average molecular weight is 257 g/mol. The molecule has 1 aliphatic heterocycles. The van der Waals surface area contributed by atoms with Gasteiger partial charge in [-0.3, -0.25) is 14.5 Å². The number of rotatable bonds is 7. The van der Waals surface area contributed by atoms with Crippen LogP contribution in [0, 0.1) is 0 Å². The Hall–Kier alpha value is -1.14. The molecule has 1 heterocycles. The van der Waals surface area contributed by atoms with E-state index in [1.807, 2.05) is 23.9 Å². The van der Waals surface area contributed by atoms with Crippen molar-refractivity contribution in [2.45, 2.75) is 12.8 Å². The van der Waals surface area contributed by atoms with Crippen molar-refractivity contribution >= 4 is 11.9 Å². The van der Waals surface area contributed by atoms with Crippen molar-refractivity contribution in [1.29, 1.82) is 0 Å². The summed E-state index contributed by atoms with van der Waals surface area (Å²) in [6, 6.07) is 0. The molecular weight excluding hydrogens is 234 g/mol. The van der Waals surface area contributed by atoms with Crippen molar-refractivity contribution in [1.82, 2.24) is 14.7 Å². The first-order chi connectivity index (χ1) is 8.49. The predicted molar refractivity (Wildman–Crippen MR) is 68.4 cm³/mol. The number of amides is 1. The highest BCUT2D eigenvalue weighted by Gasteiger charge is 2.21. The van der Waals surface area contributed by atoms with Gasteiger partial charge in [0.05, 0.1) is 13.1 Å². The van der Waals surface area contributed by atoms with Gasteiger partial charge in [0.2, 0.25) is 5.91 Å². The average Bonchev–Trinajstić information content (AvgIpc) is 2.78. The Bertz CT molecular complexity index is 288. The molecule has 6 heteroatoms. The number of aliphatic carboxylic acids is 1. The Morgan fingerprint density at radius 2 is 1.72 bits per heavy atom. The molecule has 1 fully saturated rings. The second kappa shape index (κ2) is 7.33. The number of hydrogen-bond acceptors (Lipinski definition) is 4. The van der Waals surface area contributed by atoms with Gasteiger partial charge in [0, 0.05) is 26.2 Å². The number of likely N-dealkylation sites (tertiary alicyclic amines) is 1. The van der Waals surface area contributed by atoms with Crippen LogP contribution >= 0.6 is 0 Å². The molecule has 0 atom stereocenters. The van der Waals surface area contributed by atoms with Gasteiger partial charge >= 0.3 is 5.97 Å². The van der Waals surface area contributed by atoms with Gasteiger partial charge in [-0.25, -0.2) is 0 Å². The Balaban J connectivity index is 2.42. The highest BCUT2D eigenvalue weighted by molar-refractivity contribution is 5.79. The molecule has 0 aromatic carbocycles. The maximum absolute atomic E-state index is 12.0. The van der Waals surface area contributed by atoms with Gasteiger partial charge in [-0.05, 0) is 26.9 Å². The third-order valence-electron chi connectivity index (χ3n) is 3.04. The van der Waals surface area contributed by atoms with Crippen LogP contribution in [0.2, 0.25) is 0 Å². The van der Waals surface area contributed by atoms with Crippen molar-refractivity contribution in [2.24, 2.45) is 0 Å². The van der Waals surface area contributed by atoms with E-state index >= 15 is 0 Å². The minimum atomic E-state index is -0.886. The Labute approximate surface area is 108 Å². The zero-order valence-corrected chi connectivity index (χ0v) is 11.3. The van der Waals surface area contributed by atoms with E-state index in [2.05, 4.69) is 0 Å². The van der Waals surface area contributed by atoms with Crippen LogP contribution in [-0.4, -0.2) is 85.0 Å². The number of likely N-dealkylation sites (N-methyl/N-ethyl adjacent to an activating group) is 1. The molecule has 1 aliphatic rings. The summed E-state index contributed by atoms with van der Waals surface area (Å²) < 4.78 is 0. The lowest BCUT2D eigenvalue weighted by Crippen LogP contribution is -2.43. The van der Waals surface area contributed by atoms with Crippen LogP contribution in [0.3, 0.4) is 0 Å². The van der Waals surface area contributed by atoms with E-state index in [9.17, 15) is 9.59 Å². The smallest absolute Gasteiger partial charge is 0.317 e. The summed E-state index contributed by atoms with van der Waals surface area (Å²) in [6.07, 6.45) is 2.12. The van der Waals surface area contributed by atoms with Crippen molar-refractivity contribution in [3.63, 3.8) is 0 Å². The fraction of sp³-hybridized carbons (Fsp3) is 0.833. The molecule has 1 N–H and O–H groups in total. The first-order valence-corrected chi connectivity index (χ1v) is 6.35. The molecule has 1 amide bonds. The number of nitrogens with zero attached hydrogens (tertiary/aromatic N) is 3. The van der Waals surface area contributed by atoms with E-state index in [1.165, 1.54) is 0 Å². The van der Waals surface area contributed by atoms with Gasteiger partial charge in [-0.2, -0.15) is 0 Å². The summed E-state index contributed by atoms with van der Waals surface area (Å²) in [6.45, 7) is 3.11. The van der Waals surface area contributed by atoms with Crippen LogP contribution in [0.1, 0.15) is 12.8 Å². The molecule has 18 heavy (non-hydrogen) atoms. The fourth-order valence-corrected chi connectivity index (χ4v) is 2.00. The van der Waals surface area contributed by atoms with E-state index in [4.69, 9.17) is 5.11 Å². The number of carboxylic acid groups (broad SMARTS) is 1. The van der Waals surface area contributed by atoms with E-state index in [-0.39, 0.29) is 19.0 Å². The Morgan fingerprint density at radius 3 is 2.22 bits per heavy atom. The first-order valence-electron chi connectivity index (χ1n) is 6.35. The highest BCUT2D eigenvalue weighted by atomic mass is 16.4. The molecule has 0 aromatic heterocycles. The SMILES string of the molecule is CN(C)CCN(CC(=O)O)CC(=O)N1CCCC1. The second-order valence-corrected chi connectivity index (χ2v) is 5.00. The van der Waals surface area contributed by atoms with E-state index < -0.39 is 5.97 Å². The van der Waals surface area contributed by atoms with Crippen molar-refractivity contribution in [3.8, 4) is 0 Å². The number of carbonyl (C=O) groups is 2. The third kappa shape index (κ3) is 5.46. The molecule has 0 unspecified atom stereocenters. The number of hydrogen-bond donors (Lipinski definition) is 1. The van der Waals surface area contributed by atoms with Gasteiger partial charge < -0.3 is 14.9 Å². The van der Waals surface area contributed by atoms with Crippen LogP contribution in [-0.2, 0) is 9.59 Å². The van der Waals surface area contributed by atoms with Crippen molar-refractivity contribution in [2.75, 3.05) is 53.4 Å². The Morgan fingerprint density at radius 1 is 1.11 bits per heavy atom. The maximum Gasteiger partial charge on any atom is 0.317 e. The second-order valence-electron chi connectivity index (χ2n) is 5.00. The third-order valence-corrected chi connectivity index (χ3v) is 3.04. The standard InChI is InChI=1S/C12H23N3O3/c1-13(2)7-8-14(10-12(17)18)9-11(16)15-5-3-4-6-15/h3-10H2,1-2H3,(H,17,18). The summed E-state index contributed by atoms with van der Waals surface area (Å²) in [5.41, 5.74) is 0. The van der Waals surface area contributed by atoms with Gasteiger partial charge in [-0.15, -0.1) is 0 Å². The molecule has 0 saturated carbocycles. The summed E-state index contributed by atoms with van der Waals surface area (Å²) in [4.78, 5) is 28.2. The minimum absolute atomic E-state index is 0.0486. The molecule has 0 aliphatic carbocycles. The Kier molecular flexibility index (Phi) is 6.07. The van der Waals surface area contributed by atoms with Crippen LogP contribution in [0.15, 0.2) is 0 Å². The molecule has 0 bridgehead atoms. The van der Waals surface area contributed by atoms with E-state index in [0.29, 0.717) is 6.54 Å². The van der Waals surface area contributed by atoms with Crippen LogP contribution in [0.4, 0.5) is 0 Å². The molecule has 6 nitrogen and oxygen atoms in total. The fourth-order valence-electron chi connectivity index (χ4n) is 2.00. The summed E-state index contributed by atoms with van der Waals surface area (Å²) in [5.74, 6) is -0.838. The normalized spacial score (nSPS) is 15.7. The highest BCUT2D eigenvalue weighted by Crippen LogP contribution is 2.08. The lowest BCUT2D eigenvalue weighted by Gasteiger charge is -2.24. The van der Waals surface area contributed by atoms with Crippen molar-refractivity contribution < 1.29 is 14.7 Å². The summed E-state index contributed by atoms with van der Waals surface area (Å²) >= 11 is 0. The lowest BCUT2D eigenvalue weighted by molar-refractivity contribution is -0.139. The topological polar surface area (TPSA) is 64.1 Å². The van der Waals surface area contributed by atoms with Gasteiger partial charge in [0.1, 0.15) is 0 Å². The van der Waals surface area contributed by atoms with Gasteiger partial charge in [0.15, 0.2) is 0 Å². The monoisotopic (exact) mass is 257 g/mol. The zero-order chi connectivity index (χ0) is 13.5. The summed E-state index contributed by atoms with van der Waals surface area (Å²) in [5, 5.41) is 8.85. The number of carboxylic acids is 1. The van der Waals surface area contributed by atoms with Crippen LogP contribution in [0.25, 0.3) is 0 Å². The molecule has 0 radical (unpaired) electrons. The predicted octanol–water partition coefficient (Wildman–Crippen LogP) is -0.443. The molecule has 0 spiro atoms. The first kappa shape index (κ1) is 14.9. The molecular formula is C12H23N3O3. The van der Waals surface area contributed by atoms with Gasteiger partial charge in [0.25, 0.3) is 0 Å². The zero-order valence-electron chi connectivity index (χ0n) is 11.3. The molecule has 1 rings (SSSR count). The number of carbonyl (C=O) groups excluding carboxylic acids is 1. The molecule has 104 valence electrons. The van der Waals surface area contributed by atoms with E-state index in [0.717, 1.165) is 32.5 Å². The van der Waals surface area contributed by atoms with E-state index in [1.54, 1.807) is 4.90 Å². The van der Waals surface area contributed by atoms with Crippen LogP contribution in [0.5, 0.6) is 0 Å². The largest absolute Gasteiger partial charge is 0.480 e. The maximum atomic E-state index is 12.0. The van der Waals surface area contributed by atoms with Crippen LogP contribution < -0.4 is 0 Å². The molecule has 1 saturated heterocycles. The minimum Gasteiger partial charge on any atom is -0.480 e. The quantitative estimate of drug-likeness (QED) is 0.670. The molecule has 0 aromatic rings.